The van der Waals surface area contributed by atoms with E-state index in [-0.39, 0.29) is 5.91 Å². The van der Waals surface area contributed by atoms with Crippen LogP contribution in [0.5, 0.6) is 0 Å². The van der Waals surface area contributed by atoms with E-state index in [9.17, 15) is 4.79 Å². The zero-order valence-corrected chi connectivity index (χ0v) is 17.1. The van der Waals surface area contributed by atoms with Crippen LogP contribution < -0.4 is 15.5 Å². The number of hydrogen-bond acceptors (Lipinski definition) is 5. The number of halogens is 1. The van der Waals surface area contributed by atoms with Gasteiger partial charge in [0.05, 0.1) is 0 Å². The van der Waals surface area contributed by atoms with Crippen LogP contribution in [0.15, 0.2) is 30.3 Å². The Labute approximate surface area is 171 Å². The molecule has 0 radical (unpaired) electrons. The molecule has 0 atom stereocenters. The van der Waals surface area contributed by atoms with Crippen molar-refractivity contribution < 1.29 is 4.79 Å². The molecule has 3 rings (SSSR count). The van der Waals surface area contributed by atoms with Crippen molar-refractivity contribution in [3.05, 3.63) is 46.7 Å². The van der Waals surface area contributed by atoms with Crippen molar-refractivity contribution in [2.45, 2.75) is 39.0 Å². The zero-order valence-electron chi connectivity index (χ0n) is 16.4. The number of rotatable bonds is 8. The molecule has 28 heavy (non-hydrogen) atoms. The quantitative estimate of drug-likeness (QED) is 0.661. The summed E-state index contributed by atoms with van der Waals surface area (Å²) in [5, 5.41) is 6.93. The molecule has 1 fully saturated rings. The van der Waals surface area contributed by atoms with Crippen LogP contribution in [-0.4, -0.2) is 42.1 Å². The minimum absolute atomic E-state index is 0.0367. The lowest BCUT2D eigenvalue weighted by Crippen LogP contribution is -2.31. The molecule has 0 spiro atoms. The summed E-state index contributed by atoms with van der Waals surface area (Å²) in [6.07, 6.45) is 4.86. The fourth-order valence-corrected chi connectivity index (χ4v) is 3.57. The SMILES string of the molecule is Cc1nc(NCCNC(=O)CCc2cccc(Cl)c2)cc(N2CCCCC2)n1. The number of benzene rings is 1. The van der Waals surface area contributed by atoms with Gasteiger partial charge in [-0.1, -0.05) is 23.7 Å². The summed E-state index contributed by atoms with van der Waals surface area (Å²) in [5.74, 6) is 2.59. The van der Waals surface area contributed by atoms with Crippen molar-refractivity contribution in [3.8, 4) is 0 Å². The molecular weight excluding hydrogens is 374 g/mol. The number of amides is 1. The number of carbonyl (C=O) groups is 1. The first kappa shape index (κ1) is 20.4. The van der Waals surface area contributed by atoms with E-state index in [0.717, 1.165) is 36.1 Å². The maximum absolute atomic E-state index is 12.0. The second-order valence-corrected chi connectivity index (χ2v) is 7.55. The first-order valence-corrected chi connectivity index (χ1v) is 10.3. The fraction of sp³-hybridized carbons (Fsp3) is 0.476. The van der Waals surface area contributed by atoms with Gasteiger partial charge in [-0.05, 0) is 50.3 Å². The van der Waals surface area contributed by atoms with Gasteiger partial charge in [0, 0.05) is 43.7 Å². The van der Waals surface area contributed by atoms with Gasteiger partial charge in [0.1, 0.15) is 17.5 Å². The Hall–Kier alpha value is -2.34. The predicted octanol–water partition coefficient (Wildman–Crippen LogP) is 3.59. The molecule has 1 aromatic heterocycles. The lowest BCUT2D eigenvalue weighted by molar-refractivity contribution is -0.120. The molecule has 0 saturated carbocycles. The lowest BCUT2D eigenvalue weighted by Gasteiger charge is -2.28. The topological polar surface area (TPSA) is 70.2 Å². The third kappa shape index (κ3) is 6.37. The average molecular weight is 402 g/mol. The van der Waals surface area contributed by atoms with E-state index < -0.39 is 0 Å². The number of aromatic nitrogens is 2. The van der Waals surface area contributed by atoms with Crippen molar-refractivity contribution in [3.63, 3.8) is 0 Å². The number of anilines is 2. The van der Waals surface area contributed by atoms with Crippen molar-refractivity contribution in [1.82, 2.24) is 15.3 Å². The highest BCUT2D eigenvalue weighted by atomic mass is 35.5. The van der Waals surface area contributed by atoms with Crippen LogP contribution in [0.4, 0.5) is 11.6 Å². The van der Waals surface area contributed by atoms with Crippen LogP contribution in [0, 0.1) is 6.92 Å². The standard InChI is InChI=1S/C21H28ClN5O/c1-16-25-19(15-20(26-16)27-12-3-2-4-13-27)23-10-11-24-21(28)9-8-17-6-5-7-18(22)14-17/h5-7,14-15H,2-4,8-13H2,1H3,(H,24,28)(H,23,25,26). The van der Waals surface area contributed by atoms with E-state index in [0.29, 0.717) is 31.0 Å². The molecule has 1 aliphatic heterocycles. The molecule has 6 nitrogen and oxygen atoms in total. The first-order valence-electron chi connectivity index (χ1n) is 9.96. The van der Waals surface area contributed by atoms with E-state index in [1.165, 1.54) is 19.3 Å². The van der Waals surface area contributed by atoms with E-state index in [1.807, 2.05) is 37.3 Å². The number of piperidine rings is 1. The number of nitrogens with one attached hydrogen (secondary N) is 2. The van der Waals surface area contributed by atoms with Gasteiger partial charge < -0.3 is 15.5 Å². The minimum Gasteiger partial charge on any atom is -0.368 e. The monoisotopic (exact) mass is 401 g/mol. The molecule has 0 bridgehead atoms. The summed E-state index contributed by atoms with van der Waals surface area (Å²) in [5.41, 5.74) is 1.07. The molecule has 1 amide bonds. The summed E-state index contributed by atoms with van der Waals surface area (Å²) in [4.78, 5) is 23.4. The van der Waals surface area contributed by atoms with Crippen molar-refractivity contribution in [2.75, 3.05) is 36.4 Å². The summed E-state index contributed by atoms with van der Waals surface area (Å²) >= 11 is 5.97. The highest BCUT2D eigenvalue weighted by Crippen LogP contribution is 2.20. The molecular formula is C21H28ClN5O. The minimum atomic E-state index is 0.0367. The Morgan fingerprint density at radius 3 is 2.75 bits per heavy atom. The molecule has 1 aliphatic rings. The summed E-state index contributed by atoms with van der Waals surface area (Å²) in [6.45, 7) is 5.20. The molecule has 7 heteroatoms. The highest BCUT2D eigenvalue weighted by molar-refractivity contribution is 6.30. The van der Waals surface area contributed by atoms with Crippen LogP contribution >= 0.6 is 11.6 Å². The number of aryl methyl sites for hydroxylation is 2. The maximum atomic E-state index is 12.0. The second-order valence-electron chi connectivity index (χ2n) is 7.11. The molecule has 0 aliphatic carbocycles. The first-order chi connectivity index (χ1) is 13.6. The van der Waals surface area contributed by atoms with Gasteiger partial charge in [-0.2, -0.15) is 0 Å². The van der Waals surface area contributed by atoms with Gasteiger partial charge in [-0.3, -0.25) is 4.79 Å². The number of carbonyl (C=O) groups excluding carboxylic acids is 1. The van der Waals surface area contributed by atoms with Gasteiger partial charge in [-0.15, -0.1) is 0 Å². The van der Waals surface area contributed by atoms with Gasteiger partial charge in [0.2, 0.25) is 5.91 Å². The van der Waals surface area contributed by atoms with E-state index >= 15 is 0 Å². The van der Waals surface area contributed by atoms with Gasteiger partial charge in [0.25, 0.3) is 0 Å². The van der Waals surface area contributed by atoms with Gasteiger partial charge in [0.15, 0.2) is 0 Å². The summed E-state index contributed by atoms with van der Waals surface area (Å²) in [7, 11) is 0. The number of hydrogen-bond donors (Lipinski definition) is 2. The van der Waals surface area contributed by atoms with Crippen LogP contribution in [0.3, 0.4) is 0 Å². The molecule has 1 aromatic carbocycles. The average Bonchev–Trinajstić information content (AvgIpc) is 2.70. The zero-order chi connectivity index (χ0) is 19.8. The summed E-state index contributed by atoms with van der Waals surface area (Å²) in [6, 6.07) is 9.62. The van der Waals surface area contributed by atoms with Crippen LogP contribution in [0.25, 0.3) is 0 Å². The smallest absolute Gasteiger partial charge is 0.220 e. The normalized spacial score (nSPS) is 14.0. The van der Waals surface area contributed by atoms with E-state index in [2.05, 4.69) is 25.5 Å². The second kappa shape index (κ2) is 10.3. The molecule has 2 N–H and O–H groups in total. The van der Waals surface area contributed by atoms with Gasteiger partial charge >= 0.3 is 0 Å². The predicted molar refractivity (Wildman–Crippen MR) is 114 cm³/mol. The van der Waals surface area contributed by atoms with Crippen molar-refractivity contribution in [2.24, 2.45) is 0 Å². The third-order valence-corrected chi connectivity index (χ3v) is 5.02. The molecule has 2 aromatic rings. The Bertz CT molecular complexity index is 792. The largest absolute Gasteiger partial charge is 0.368 e. The van der Waals surface area contributed by atoms with E-state index in [4.69, 9.17) is 11.6 Å². The Balaban J connectivity index is 1.41. The van der Waals surface area contributed by atoms with Crippen LogP contribution in [0.1, 0.15) is 37.1 Å². The van der Waals surface area contributed by atoms with Crippen molar-refractivity contribution >= 4 is 29.1 Å². The van der Waals surface area contributed by atoms with Crippen LogP contribution in [0.2, 0.25) is 5.02 Å². The Morgan fingerprint density at radius 2 is 1.96 bits per heavy atom. The third-order valence-electron chi connectivity index (χ3n) is 4.79. The maximum Gasteiger partial charge on any atom is 0.220 e. The van der Waals surface area contributed by atoms with Crippen LogP contribution in [-0.2, 0) is 11.2 Å². The molecule has 150 valence electrons. The summed E-state index contributed by atoms with van der Waals surface area (Å²) < 4.78 is 0. The molecule has 1 saturated heterocycles. The van der Waals surface area contributed by atoms with Crippen molar-refractivity contribution in [1.29, 1.82) is 0 Å². The Kier molecular flexibility index (Phi) is 7.48. The number of nitrogens with zero attached hydrogens (tertiary/aromatic N) is 3. The highest BCUT2D eigenvalue weighted by Gasteiger charge is 2.13. The lowest BCUT2D eigenvalue weighted by atomic mass is 10.1. The molecule has 0 unspecified atom stereocenters. The van der Waals surface area contributed by atoms with E-state index in [1.54, 1.807) is 0 Å². The van der Waals surface area contributed by atoms with Gasteiger partial charge in [-0.25, -0.2) is 9.97 Å². The fourth-order valence-electron chi connectivity index (χ4n) is 3.36. The molecule has 2 heterocycles. The Morgan fingerprint density at radius 1 is 1.14 bits per heavy atom.